The molecule has 11 atom stereocenters. The summed E-state index contributed by atoms with van der Waals surface area (Å²) in [7, 11) is 0. The third-order valence-corrected chi connectivity index (χ3v) is 14.1. The van der Waals surface area contributed by atoms with E-state index in [2.05, 4.69) is 13.8 Å². The Hall–Kier alpha value is -1.01. The smallest absolute Gasteiger partial charge is 0.306 e. The van der Waals surface area contributed by atoms with Crippen LogP contribution in [0.3, 0.4) is 0 Å². The summed E-state index contributed by atoms with van der Waals surface area (Å²) in [4.78, 5) is 13.0. The minimum atomic E-state index is -1.70. The number of ether oxygens (including phenoxy) is 6. The van der Waals surface area contributed by atoms with Gasteiger partial charge in [-0.15, -0.1) is 0 Å². The van der Waals surface area contributed by atoms with E-state index in [1.807, 2.05) is 0 Å². The van der Waals surface area contributed by atoms with E-state index in [9.17, 15) is 40.5 Å². The molecule has 2 aliphatic heterocycles. The number of esters is 1. The second kappa shape index (κ2) is 43.4. The highest BCUT2D eigenvalue weighted by Gasteiger charge is 2.47. The number of aliphatic hydroxyl groups excluding tert-OH is 7. The Kier molecular flexibility index (Phi) is 40.3. The number of carbonyl (C=O) groups is 1. The van der Waals surface area contributed by atoms with Crippen molar-refractivity contribution in [3.05, 3.63) is 0 Å². The van der Waals surface area contributed by atoms with Crippen LogP contribution in [-0.4, -0.2) is 142 Å². The third kappa shape index (κ3) is 30.7. The standard InChI is InChI=1S/C55H106O14/c1-3-5-7-9-11-13-15-17-19-21-22-23-25-27-29-31-33-35-37-39-64-41-44(67-47(57)38-36-34-32-30-28-26-24-20-18-16-14-12-10-8-6-4-2)42-65-54-53(63)51(61)49(59)46(69-54)43-66-55-52(62)50(60)48(58)45(40-56)68-55/h44-46,48-56,58-63H,3-43H2,1-2H3. The van der Waals surface area contributed by atoms with Crippen LogP contribution in [0, 0.1) is 0 Å². The van der Waals surface area contributed by atoms with Crippen LogP contribution in [0.5, 0.6) is 0 Å². The van der Waals surface area contributed by atoms with Crippen LogP contribution in [0.4, 0.5) is 0 Å². The number of rotatable bonds is 47. The van der Waals surface area contributed by atoms with Gasteiger partial charge in [0.2, 0.25) is 0 Å². The molecule has 14 heteroatoms. The first-order valence-electron chi connectivity index (χ1n) is 28.6. The zero-order chi connectivity index (χ0) is 50.2. The van der Waals surface area contributed by atoms with Crippen LogP contribution in [0.25, 0.3) is 0 Å². The highest BCUT2D eigenvalue weighted by atomic mass is 16.7. The number of hydrogen-bond acceptors (Lipinski definition) is 14. The predicted octanol–water partition coefficient (Wildman–Crippen LogP) is 9.64. The van der Waals surface area contributed by atoms with E-state index in [1.165, 1.54) is 180 Å². The van der Waals surface area contributed by atoms with Gasteiger partial charge in [0.15, 0.2) is 12.6 Å². The molecule has 14 nitrogen and oxygen atoms in total. The van der Waals surface area contributed by atoms with Gasteiger partial charge in [-0.2, -0.15) is 0 Å². The van der Waals surface area contributed by atoms with Gasteiger partial charge >= 0.3 is 5.97 Å². The summed E-state index contributed by atoms with van der Waals surface area (Å²) >= 11 is 0. The minimum absolute atomic E-state index is 0.0708. The summed E-state index contributed by atoms with van der Waals surface area (Å²) in [6.45, 7) is 3.76. The molecule has 11 unspecified atom stereocenters. The third-order valence-electron chi connectivity index (χ3n) is 14.1. The Bertz CT molecular complexity index is 1150. The second-order valence-electron chi connectivity index (χ2n) is 20.5. The number of carbonyl (C=O) groups excluding carboxylic acids is 1. The van der Waals surface area contributed by atoms with Crippen molar-refractivity contribution in [3.63, 3.8) is 0 Å². The Morgan fingerprint density at radius 3 is 1.17 bits per heavy atom. The molecular formula is C55H106O14. The first-order valence-corrected chi connectivity index (χ1v) is 28.6. The van der Waals surface area contributed by atoms with Crippen molar-refractivity contribution in [2.24, 2.45) is 0 Å². The molecule has 69 heavy (non-hydrogen) atoms. The SMILES string of the molecule is CCCCCCCCCCCCCCCCCCCCCOCC(COC1OC(COC2OC(CO)C(O)C(O)C2O)C(O)C(O)C1O)OC(=O)CCCCCCCCCCCCCCCCCC. The van der Waals surface area contributed by atoms with Gasteiger partial charge in [0.1, 0.15) is 54.9 Å². The maximum atomic E-state index is 13.0. The quantitative estimate of drug-likeness (QED) is 0.0223. The second-order valence-corrected chi connectivity index (χ2v) is 20.5. The van der Waals surface area contributed by atoms with Crippen molar-refractivity contribution in [1.29, 1.82) is 0 Å². The molecule has 0 aromatic heterocycles. The van der Waals surface area contributed by atoms with Gasteiger partial charge in [0.25, 0.3) is 0 Å². The lowest BCUT2D eigenvalue weighted by Gasteiger charge is -2.42. The first kappa shape index (κ1) is 64.1. The van der Waals surface area contributed by atoms with E-state index in [1.54, 1.807) is 0 Å². The fraction of sp³-hybridized carbons (Fsp3) is 0.982. The summed E-state index contributed by atoms with van der Waals surface area (Å²) < 4.78 is 34.4. The van der Waals surface area contributed by atoms with E-state index in [0.717, 1.165) is 44.9 Å². The van der Waals surface area contributed by atoms with E-state index in [-0.39, 0.29) is 25.6 Å². The van der Waals surface area contributed by atoms with Gasteiger partial charge in [-0.3, -0.25) is 4.79 Å². The van der Waals surface area contributed by atoms with Gasteiger partial charge in [-0.1, -0.05) is 226 Å². The molecule has 7 N–H and O–H groups in total. The Labute approximate surface area is 419 Å². The highest BCUT2D eigenvalue weighted by molar-refractivity contribution is 5.69. The molecule has 2 rings (SSSR count). The highest BCUT2D eigenvalue weighted by Crippen LogP contribution is 2.27. The Balaban J connectivity index is 1.71. The molecule has 0 radical (unpaired) electrons. The summed E-state index contributed by atoms with van der Waals surface area (Å²) in [5.74, 6) is -0.368. The molecule has 2 aliphatic rings. The molecular weight excluding hydrogens is 885 g/mol. The van der Waals surface area contributed by atoms with Crippen LogP contribution in [0.1, 0.15) is 245 Å². The van der Waals surface area contributed by atoms with Gasteiger partial charge < -0.3 is 64.2 Å². The van der Waals surface area contributed by atoms with Crippen LogP contribution < -0.4 is 0 Å². The Morgan fingerprint density at radius 1 is 0.420 bits per heavy atom. The van der Waals surface area contributed by atoms with Gasteiger partial charge in [0.05, 0.1) is 26.4 Å². The zero-order valence-electron chi connectivity index (χ0n) is 43.8. The van der Waals surface area contributed by atoms with Crippen molar-refractivity contribution in [2.75, 3.05) is 33.0 Å². The fourth-order valence-electron chi connectivity index (χ4n) is 9.46. The monoisotopic (exact) mass is 991 g/mol. The summed E-state index contributed by atoms with van der Waals surface area (Å²) in [5, 5.41) is 72.3. The predicted molar refractivity (Wildman–Crippen MR) is 271 cm³/mol. The zero-order valence-corrected chi connectivity index (χ0v) is 43.8. The topological polar surface area (TPSA) is 214 Å². The average molecular weight is 991 g/mol. The first-order chi connectivity index (χ1) is 33.6. The Morgan fingerprint density at radius 2 is 0.768 bits per heavy atom. The van der Waals surface area contributed by atoms with Gasteiger partial charge in [-0.05, 0) is 12.8 Å². The van der Waals surface area contributed by atoms with Crippen LogP contribution >= 0.6 is 0 Å². The minimum Gasteiger partial charge on any atom is -0.457 e. The maximum absolute atomic E-state index is 13.0. The van der Waals surface area contributed by atoms with Gasteiger partial charge in [-0.25, -0.2) is 0 Å². The van der Waals surface area contributed by atoms with Crippen molar-refractivity contribution < 1.29 is 69.0 Å². The van der Waals surface area contributed by atoms with E-state index >= 15 is 0 Å². The molecule has 2 heterocycles. The molecule has 0 amide bonds. The fourth-order valence-corrected chi connectivity index (χ4v) is 9.46. The average Bonchev–Trinajstić information content (AvgIpc) is 3.35. The molecule has 0 bridgehead atoms. The molecule has 0 aromatic rings. The molecule has 0 saturated carbocycles. The van der Waals surface area contributed by atoms with E-state index < -0.39 is 80.7 Å². The molecule has 2 fully saturated rings. The number of hydrogen-bond donors (Lipinski definition) is 7. The lowest BCUT2D eigenvalue weighted by Crippen LogP contribution is -2.61. The van der Waals surface area contributed by atoms with Crippen molar-refractivity contribution in [2.45, 2.75) is 313 Å². The lowest BCUT2D eigenvalue weighted by molar-refractivity contribution is -0.332. The largest absolute Gasteiger partial charge is 0.457 e. The molecule has 2 saturated heterocycles. The molecule has 0 aromatic carbocycles. The maximum Gasteiger partial charge on any atom is 0.306 e. The van der Waals surface area contributed by atoms with Crippen molar-refractivity contribution >= 4 is 5.97 Å². The normalized spacial score (nSPS) is 25.6. The van der Waals surface area contributed by atoms with Crippen LogP contribution in [-0.2, 0) is 33.2 Å². The summed E-state index contributed by atoms with van der Waals surface area (Å²) in [5.41, 5.74) is 0. The van der Waals surface area contributed by atoms with E-state index in [4.69, 9.17) is 28.4 Å². The molecule has 0 spiro atoms. The summed E-state index contributed by atoms with van der Waals surface area (Å²) in [6, 6.07) is 0. The lowest BCUT2D eigenvalue weighted by atomic mass is 9.98. The van der Waals surface area contributed by atoms with Crippen LogP contribution in [0.15, 0.2) is 0 Å². The van der Waals surface area contributed by atoms with Gasteiger partial charge in [0, 0.05) is 13.0 Å². The number of aliphatic hydroxyl groups is 7. The molecule has 0 aliphatic carbocycles. The summed E-state index contributed by atoms with van der Waals surface area (Å²) in [6.07, 6.45) is 28.7. The van der Waals surface area contributed by atoms with Crippen LogP contribution in [0.2, 0.25) is 0 Å². The number of unbranched alkanes of at least 4 members (excludes halogenated alkanes) is 33. The van der Waals surface area contributed by atoms with Crippen molar-refractivity contribution in [3.8, 4) is 0 Å². The molecule has 410 valence electrons. The van der Waals surface area contributed by atoms with Crippen molar-refractivity contribution in [1.82, 2.24) is 0 Å². The van der Waals surface area contributed by atoms with E-state index in [0.29, 0.717) is 6.61 Å².